The number of carbonyl (C=O) groups excluding carboxylic acids is 1. The minimum atomic E-state index is -2.76. The Balaban J connectivity index is 1.52. The van der Waals surface area contributed by atoms with Crippen LogP contribution in [0.2, 0.25) is 0 Å². The minimum Gasteiger partial charge on any atom is -0.485 e. The predicted octanol–water partition coefficient (Wildman–Crippen LogP) is 6.33. The van der Waals surface area contributed by atoms with Gasteiger partial charge >= 0.3 is 6.16 Å². The smallest absolute Gasteiger partial charge is 0.485 e. The van der Waals surface area contributed by atoms with Gasteiger partial charge in [0.1, 0.15) is 24.0 Å². The molecule has 30 heavy (non-hydrogen) atoms. The quantitative estimate of drug-likeness (QED) is 0.315. The van der Waals surface area contributed by atoms with Crippen LogP contribution in [0.3, 0.4) is 0 Å². The third-order valence-corrected chi connectivity index (χ3v) is 10.7. The summed E-state index contributed by atoms with van der Waals surface area (Å²) in [5.74, 6) is 2.30. The maximum Gasteiger partial charge on any atom is 0.514 e. The van der Waals surface area contributed by atoms with Gasteiger partial charge in [0, 0.05) is 5.66 Å². The largest absolute Gasteiger partial charge is 0.514 e. The van der Waals surface area contributed by atoms with E-state index in [9.17, 15) is 9.36 Å². The van der Waals surface area contributed by atoms with Crippen LogP contribution in [0, 0.1) is 17.8 Å². The van der Waals surface area contributed by atoms with E-state index in [0.717, 1.165) is 38.5 Å². The third-order valence-electron chi connectivity index (χ3n) is 7.32. The molecule has 5 nitrogen and oxygen atoms in total. The summed E-state index contributed by atoms with van der Waals surface area (Å²) in [6, 6.07) is 5.35. The van der Waals surface area contributed by atoms with Crippen molar-refractivity contribution in [3.8, 4) is 11.5 Å². The second-order valence-corrected chi connectivity index (χ2v) is 12.8. The van der Waals surface area contributed by atoms with E-state index < -0.39 is 13.3 Å². The van der Waals surface area contributed by atoms with E-state index in [1.54, 1.807) is 12.1 Å². The van der Waals surface area contributed by atoms with Gasteiger partial charge in [-0.1, -0.05) is 52.5 Å². The first-order valence-corrected chi connectivity index (χ1v) is 13.6. The second-order valence-electron chi connectivity index (χ2n) is 9.80. The fourth-order valence-corrected chi connectivity index (χ4v) is 8.82. The standard InChI is InChI=1S/C24H35O5P/c1-16(2)19-13-12-17(3)14-22(19)29-24(25)28-21-11-7-10-20-23(21)30(26,15-27-20)18-8-5-4-6-9-18/h7,10-11,16-19,22H,4-6,8-9,12-15H2,1-3H3/t17-,19+,22-,30-/m0/s1. The van der Waals surface area contributed by atoms with Gasteiger partial charge in [-0.3, -0.25) is 0 Å². The fourth-order valence-electron chi connectivity index (χ4n) is 5.58. The topological polar surface area (TPSA) is 61.8 Å². The van der Waals surface area contributed by atoms with Gasteiger partial charge in [0.05, 0.1) is 5.30 Å². The summed E-state index contributed by atoms with van der Waals surface area (Å²) >= 11 is 0. The molecule has 2 fully saturated rings. The highest BCUT2D eigenvalue weighted by molar-refractivity contribution is 7.72. The van der Waals surface area contributed by atoms with Crippen molar-refractivity contribution >= 4 is 18.6 Å². The Morgan fingerprint density at radius 1 is 1.13 bits per heavy atom. The average Bonchev–Trinajstić information content (AvgIpc) is 3.07. The van der Waals surface area contributed by atoms with Crippen LogP contribution in [0.25, 0.3) is 0 Å². The molecule has 4 atom stereocenters. The highest BCUT2D eigenvalue weighted by Gasteiger charge is 2.45. The van der Waals surface area contributed by atoms with Crippen LogP contribution >= 0.6 is 7.14 Å². The van der Waals surface area contributed by atoms with Crippen molar-refractivity contribution in [1.82, 2.24) is 0 Å². The average molecular weight is 435 g/mol. The molecular weight excluding hydrogens is 399 g/mol. The maximum atomic E-state index is 14.0. The van der Waals surface area contributed by atoms with Crippen molar-refractivity contribution in [2.45, 2.75) is 83.9 Å². The summed E-state index contributed by atoms with van der Waals surface area (Å²) in [6.45, 7) is 6.58. The molecule has 1 aromatic rings. The minimum absolute atomic E-state index is 0.123. The van der Waals surface area contributed by atoms with Crippen molar-refractivity contribution < 1.29 is 23.6 Å². The van der Waals surface area contributed by atoms with Gasteiger partial charge in [0.25, 0.3) is 0 Å². The van der Waals surface area contributed by atoms with E-state index >= 15 is 0 Å². The van der Waals surface area contributed by atoms with Gasteiger partial charge in [0.2, 0.25) is 0 Å². The number of fused-ring (bicyclic) bond motifs is 1. The van der Waals surface area contributed by atoms with Gasteiger partial charge in [-0.25, -0.2) is 4.79 Å². The van der Waals surface area contributed by atoms with Crippen molar-refractivity contribution in [1.29, 1.82) is 0 Å². The Hall–Kier alpha value is -1.48. The Kier molecular flexibility index (Phi) is 6.48. The zero-order valence-corrected chi connectivity index (χ0v) is 19.4. The normalized spacial score (nSPS) is 31.8. The van der Waals surface area contributed by atoms with Gasteiger partial charge < -0.3 is 18.8 Å². The van der Waals surface area contributed by atoms with Gasteiger partial charge in [-0.15, -0.1) is 0 Å². The molecule has 1 heterocycles. The van der Waals surface area contributed by atoms with Crippen LogP contribution in [-0.2, 0) is 9.30 Å². The lowest BCUT2D eigenvalue weighted by atomic mass is 9.75. The number of ether oxygens (including phenoxy) is 3. The maximum absolute atomic E-state index is 14.0. The Labute approximate surface area is 180 Å². The molecule has 0 saturated heterocycles. The van der Waals surface area contributed by atoms with Crippen molar-refractivity contribution in [3.05, 3.63) is 18.2 Å². The number of hydrogen-bond acceptors (Lipinski definition) is 5. The first-order chi connectivity index (χ1) is 14.4. The van der Waals surface area contributed by atoms with Crippen molar-refractivity contribution in [3.63, 3.8) is 0 Å². The molecule has 1 aromatic carbocycles. The lowest BCUT2D eigenvalue weighted by molar-refractivity contribution is -0.0135. The third kappa shape index (κ3) is 4.28. The van der Waals surface area contributed by atoms with Crippen LogP contribution in [0.4, 0.5) is 4.79 Å². The Morgan fingerprint density at radius 3 is 2.63 bits per heavy atom. The molecule has 1 aliphatic heterocycles. The van der Waals surface area contributed by atoms with Crippen LogP contribution in [0.5, 0.6) is 11.5 Å². The lowest BCUT2D eigenvalue weighted by Crippen LogP contribution is -2.36. The molecule has 0 radical (unpaired) electrons. The summed E-state index contributed by atoms with van der Waals surface area (Å²) in [5, 5.41) is 0.617. The van der Waals surface area contributed by atoms with E-state index in [-0.39, 0.29) is 18.1 Å². The molecule has 6 heteroatoms. The van der Waals surface area contributed by atoms with Gasteiger partial charge in [0.15, 0.2) is 7.14 Å². The first kappa shape index (κ1) is 21.7. The summed E-state index contributed by atoms with van der Waals surface area (Å²) < 4.78 is 31.3. The summed E-state index contributed by atoms with van der Waals surface area (Å²) in [5.41, 5.74) is 0.123. The molecule has 2 saturated carbocycles. The zero-order chi connectivity index (χ0) is 21.3. The molecular formula is C24H35O5P. The Morgan fingerprint density at radius 2 is 1.90 bits per heavy atom. The molecule has 0 N–H and O–H groups in total. The first-order valence-electron chi connectivity index (χ1n) is 11.6. The van der Waals surface area contributed by atoms with Crippen LogP contribution in [0.1, 0.15) is 72.1 Å². The van der Waals surface area contributed by atoms with Crippen molar-refractivity contribution in [2.75, 3.05) is 6.35 Å². The summed E-state index contributed by atoms with van der Waals surface area (Å²) in [7, 11) is -2.76. The SMILES string of the molecule is CC(C)[C@H]1CC[C@H](C)C[C@@H]1OC(=O)Oc1cccc2c1[P@@](=O)(C1CCCCC1)CO2. The molecule has 0 spiro atoms. The monoisotopic (exact) mass is 434 g/mol. The predicted molar refractivity (Wildman–Crippen MR) is 118 cm³/mol. The number of rotatable bonds is 4. The van der Waals surface area contributed by atoms with E-state index in [1.807, 2.05) is 6.07 Å². The number of benzene rings is 1. The van der Waals surface area contributed by atoms with Gasteiger partial charge in [-0.05, 0) is 55.6 Å². The van der Waals surface area contributed by atoms with Crippen LogP contribution in [-0.4, -0.2) is 24.3 Å². The van der Waals surface area contributed by atoms with E-state index in [0.29, 0.717) is 34.6 Å². The Bertz CT molecular complexity index is 814. The van der Waals surface area contributed by atoms with Crippen LogP contribution < -0.4 is 14.8 Å². The van der Waals surface area contributed by atoms with Crippen LogP contribution in [0.15, 0.2) is 18.2 Å². The highest BCUT2D eigenvalue weighted by atomic mass is 31.2. The zero-order valence-electron chi connectivity index (χ0n) is 18.5. The summed E-state index contributed by atoms with van der Waals surface area (Å²) in [4.78, 5) is 12.8. The molecule has 2 aliphatic carbocycles. The second kappa shape index (κ2) is 8.94. The summed E-state index contributed by atoms with van der Waals surface area (Å²) in [6.07, 6.45) is 7.84. The molecule has 4 rings (SSSR count). The van der Waals surface area contributed by atoms with Gasteiger partial charge in [-0.2, -0.15) is 0 Å². The molecule has 166 valence electrons. The highest BCUT2D eigenvalue weighted by Crippen LogP contribution is 2.61. The lowest BCUT2D eigenvalue weighted by Gasteiger charge is -2.36. The van der Waals surface area contributed by atoms with E-state index in [1.165, 1.54) is 12.8 Å². The molecule has 0 unspecified atom stereocenters. The molecule has 3 aliphatic rings. The molecule has 0 aromatic heterocycles. The fraction of sp³-hybridized carbons (Fsp3) is 0.708. The van der Waals surface area contributed by atoms with E-state index in [2.05, 4.69) is 20.8 Å². The molecule has 0 bridgehead atoms. The van der Waals surface area contributed by atoms with E-state index in [4.69, 9.17) is 14.2 Å². The number of carbonyl (C=O) groups is 1. The number of hydrogen-bond donors (Lipinski definition) is 0. The van der Waals surface area contributed by atoms with Crippen molar-refractivity contribution in [2.24, 2.45) is 17.8 Å². The molecule has 0 amide bonds.